The summed E-state index contributed by atoms with van der Waals surface area (Å²) in [6.07, 6.45) is -7.52. The number of anilines is 1. The van der Waals surface area contributed by atoms with Crippen LogP contribution in [0.1, 0.15) is 5.76 Å². The van der Waals surface area contributed by atoms with E-state index in [0.717, 1.165) is 12.2 Å². The standard InChI is InChI=1S/C11H5F13N2O2/c1-3-2-4(26-28-3)25-5(27)6(12,13)7(14,15)8(16,17)9(18,19)10(20,21)11(22,23)24/h2H,1H3,(H,25,26,27). The molecule has 28 heavy (non-hydrogen) atoms. The third-order valence-electron chi connectivity index (χ3n) is 3.09. The fourth-order valence-corrected chi connectivity index (χ4v) is 1.53. The van der Waals surface area contributed by atoms with Crippen LogP contribution in [0.15, 0.2) is 10.6 Å². The first-order chi connectivity index (χ1) is 12.1. The lowest BCUT2D eigenvalue weighted by Gasteiger charge is -2.39. The van der Waals surface area contributed by atoms with E-state index in [2.05, 4.69) is 9.68 Å². The summed E-state index contributed by atoms with van der Waals surface area (Å²) >= 11 is 0. The Morgan fingerprint density at radius 1 is 0.821 bits per heavy atom. The maximum absolute atomic E-state index is 13.4. The van der Waals surface area contributed by atoms with Crippen molar-refractivity contribution in [3.05, 3.63) is 11.8 Å². The molecule has 0 aliphatic carbocycles. The molecule has 0 spiro atoms. The number of hydrogen-bond acceptors (Lipinski definition) is 3. The van der Waals surface area contributed by atoms with Gasteiger partial charge in [0, 0.05) is 6.07 Å². The highest BCUT2D eigenvalue weighted by atomic mass is 19.4. The van der Waals surface area contributed by atoms with Crippen LogP contribution in [-0.2, 0) is 4.79 Å². The maximum atomic E-state index is 13.4. The maximum Gasteiger partial charge on any atom is 0.460 e. The molecule has 0 aliphatic rings. The molecular formula is C11H5F13N2O2. The number of carbonyl (C=O) groups is 1. The van der Waals surface area contributed by atoms with Gasteiger partial charge in [0.25, 0.3) is 0 Å². The van der Waals surface area contributed by atoms with Crippen molar-refractivity contribution < 1.29 is 66.4 Å². The molecule has 0 aromatic carbocycles. The minimum absolute atomic E-state index is 0.243. The van der Waals surface area contributed by atoms with Gasteiger partial charge in [-0.25, -0.2) is 0 Å². The van der Waals surface area contributed by atoms with Crippen LogP contribution in [0, 0.1) is 6.92 Å². The summed E-state index contributed by atoms with van der Waals surface area (Å²) in [6, 6.07) is 0.566. The van der Waals surface area contributed by atoms with Gasteiger partial charge in [-0.05, 0) is 6.92 Å². The van der Waals surface area contributed by atoms with Crippen molar-refractivity contribution in [2.45, 2.75) is 42.7 Å². The number of amides is 1. The summed E-state index contributed by atoms with van der Waals surface area (Å²) in [6.45, 7) is 1.07. The highest BCUT2D eigenvalue weighted by Crippen LogP contribution is 2.60. The number of hydrogen-bond donors (Lipinski definition) is 1. The SMILES string of the molecule is Cc1cc(NC(=O)C(F)(F)C(F)(F)C(F)(F)C(F)(F)C(F)(F)C(F)(F)F)no1. The van der Waals surface area contributed by atoms with Gasteiger partial charge in [-0.3, -0.25) is 4.79 Å². The van der Waals surface area contributed by atoms with Gasteiger partial charge in [-0.15, -0.1) is 0 Å². The summed E-state index contributed by atoms with van der Waals surface area (Å²) < 4.78 is 171. The molecule has 17 heteroatoms. The van der Waals surface area contributed by atoms with Crippen molar-refractivity contribution in [1.82, 2.24) is 5.16 Å². The van der Waals surface area contributed by atoms with Crippen molar-refractivity contribution in [3.63, 3.8) is 0 Å². The Morgan fingerprint density at radius 2 is 1.25 bits per heavy atom. The molecule has 1 aromatic heterocycles. The molecule has 0 unspecified atom stereocenters. The Morgan fingerprint density at radius 3 is 1.61 bits per heavy atom. The second kappa shape index (κ2) is 6.40. The molecule has 0 radical (unpaired) electrons. The van der Waals surface area contributed by atoms with Gasteiger partial charge in [-0.1, -0.05) is 5.16 Å². The third-order valence-corrected chi connectivity index (χ3v) is 3.09. The summed E-state index contributed by atoms with van der Waals surface area (Å²) in [7, 11) is 0. The normalized spacial score (nSPS) is 14.9. The van der Waals surface area contributed by atoms with E-state index in [9.17, 15) is 61.9 Å². The summed E-state index contributed by atoms with van der Waals surface area (Å²) in [4.78, 5) is 11.1. The van der Waals surface area contributed by atoms with E-state index >= 15 is 0 Å². The van der Waals surface area contributed by atoms with Crippen LogP contribution in [0.25, 0.3) is 0 Å². The van der Waals surface area contributed by atoms with E-state index in [0.29, 0.717) is 6.07 Å². The average molecular weight is 444 g/mol. The zero-order chi connectivity index (χ0) is 22.6. The molecule has 1 rings (SSSR count). The van der Waals surface area contributed by atoms with Gasteiger partial charge < -0.3 is 9.84 Å². The fourth-order valence-electron chi connectivity index (χ4n) is 1.53. The molecular weight excluding hydrogens is 439 g/mol. The zero-order valence-electron chi connectivity index (χ0n) is 12.8. The first kappa shape index (κ1) is 23.8. The van der Waals surface area contributed by atoms with E-state index in [1.54, 1.807) is 0 Å². The molecule has 162 valence electrons. The van der Waals surface area contributed by atoms with Gasteiger partial charge in [0.1, 0.15) is 5.76 Å². The molecule has 4 nitrogen and oxygen atoms in total. The van der Waals surface area contributed by atoms with Crippen LogP contribution in [0.5, 0.6) is 0 Å². The van der Waals surface area contributed by atoms with Gasteiger partial charge in [-0.2, -0.15) is 57.1 Å². The largest absolute Gasteiger partial charge is 0.460 e. The van der Waals surface area contributed by atoms with Gasteiger partial charge >= 0.3 is 41.7 Å². The van der Waals surface area contributed by atoms with Crippen LogP contribution < -0.4 is 5.32 Å². The van der Waals surface area contributed by atoms with E-state index in [1.165, 1.54) is 0 Å². The molecule has 0 fully saturated rings. The number of carbonyl (C=O) groups excluding carboxylic acids is 1. The summed E-state index contributed by atoms with van der Waals surface area (Å²) in [5, 5.41) is 3.48. The van der Waals surface area contributed by atoms with Crippen molar-refractivity contribution >= 4 is 11.7 Å². The first-order valence-corrected chi connectivity index (χ1v) is 6.35. The van der Waals surface area contributed by atoms with E-state index in [-0.39, 0.29) is 5.76 Å². The average Bonchev–Trinajstić information content (AvgIpc) is 2.90. The number of aryl methyl sites for hydroxylation is 1. The minimum Gasteiger partial charge on any atom is -0.360 e. The first-order valence-electron chi connectivity index (χ1n) is 6.35. The topological polar surface area (TPSA) is 55.1 Å². The van der Waals surface area contributed by atoms with Crippen molar-refractivity contribution in [2.24, 2.45) is 0 Å². The van der Waals surface area contributed by atoms with Crippen LogP contribution in [0.3, 0.4) is 0 Å². The zero-order valence-corrected chi connectivity index (χ0v) is 12.8. The predicted octanol–water partition coefficient (Wildman–Crippen LogP) is 4.66. The second-order valence-electron chi connectivity index (χ2n) is 5.15. The monoisotopic (exact) mass is 444 g/mol. The Labute approximate surface area is 144 Å². The Kier molecular flexibility index (Phi) is 5.44. The Hall–Kier alpha value is -2.23. The Balaban J connectivity index is 3.38. The highest BCUT2D eigenvalue weighted by Gasteiger charge is 2.91. The van der Waals surface area contributed by atoms with E-state index in [4.69, 9.17) is 0 Å². The van der Waals surface area contributed by atoms with E-state index in [1.807, 2.05) is 0 Å². The Bertz CT molecular complexity index is 737. The highest BCUT2D eigenvalue weighted by molar-refractivity contribution is 5.96. The fraction of sp³-hybridized carbons (Fsp3) is 0.636. The molecule has 0 aliphatic heterocycles. The van der Waals surface area contributed by atoms with Gasteiger partial charge in [0.05, 0.1) is 0 Å². The molecule has 1 N–H and O–H groups in total. The molecule has 0 atom stereocenters. The van der Waals surface area contributed by atoms with Crippen molar-refractivity contribution in [1.29, 1.82) is 0 Å². The molecule has 0 saturated carbocycles. The smallest absolute Gasteiger partial charge is 0.360 e. The van der Waals surface area contributed by atoms with Crippen LogP contribution in [0.4, 0.5) is 62.9 Å². The number of halogens is 13. The van der Waals surface area contributed by atoms with Crippen molar-refractivity contribution in [2.75, 3.05) is 5.32 Å². The number of alkyl halides is 13. The van der Waals surface area contributed by atoms with Crippen molar-refractivity contribution in [3.8, 4) is 0 Å². The number of nitrogens with zero attached hydrogens (tertiary/aromatic N) is 1. The predicted molar refractivity (Wildman–Crippen MR) is 60.7 cm³/mol. The van der Waals surface area contributed by atoms with Crippen LogP contribution in [-0.4, -0.2) is 46.9 Å². The quantitative estimate of drug-likeness (QED) is 0.650. The molecule has 1 aromatic rings. The van der Waals surface area contributed by atoms with Gasteiger partial charge in [0.2, 0.25) is 0 Å². The van der Waals surface area contributed by atoms with Crippen LogP contribution >= 0.6 is 0 Å². The van der Waals surface area contributed by atoms with Gasteiger partial charge in [0.15, 0.2) is 5.82 Å². The second-order valence-corrected chi connectivity index (χ2v) is 5.15. The molecule has 0 bridgehead atoms. The number of aromatic nitrogens is 1. The number of rotatable bonds is 6. The summed E-state index contributed by atoms with van der Waals surface area (Å²) in [5.74, 6) is -43.4. The minimum atomic E-state index is -8.07. The molecule has 1 amide bonds. The van der Waals surface area contributed by atoms with Crippen LogP contribution in [0.2, 0.25) is 0 Å². The lowest BCUT2D eigenvalue weighted by Crippen LogP contribution is -2.71. The third kappa shape index (κ3) is 3.23. The number of nitrogens with one attached hydrogen (secondary N) is 1. The summed E-state index contributed by atoms with van der Waals surface area (Å²) in [5.41, 5.74) is 0. The lowest BCUT2D eigenvalue weighted by molar-refractivity contribution is -0.435. The molecule has 0 saturated heterocycles. The lowest BCUT2D eigenvalue weighted by atomic mass is 9.93. The van der Waals surface area contributed by atoms with E-state index < -0.39 is 47.5 Å². The molecule has 1 heterocycles.